The topological polar surface area (TPSA) is 482 Å². The summed E-state index contributed by atoms with van der Waals surface area (Å²) in [6, 6.07) is -4.70. The van der Waals surface area contributed by atoms with Gasteiger partial charge in [0, 0.05) is 19.8 Å². The second-order valence-corrected chi connectivity index (χ2v) is 25.8. The number of carboxylic acids is 1. The number of nitrogens with one attached hydrogen (secondary N) is 3. The van der Waals surface area contributed by atoms with Gasteiger partial charge >= 0.3 is 5.97 Å². The van der Waals surface area contributed by atoms with Crippen LogP contribution in [0.15, 0.2) is 12.2 Å². The summed E-state index contributed by atoms with van der Waals surface area (Å²) in [7, 11) is 0. The van der Waals surface area contributed by atoms with E-state index in [0.717, 1.165) is 58.3 Å². The summed E-state index contributed by atoms with van der Waals surface area (Å²) in [6.07, 6.45) is -8.29. The van der Waals surface area contributed by atoms with Gasteiger partial charge in [-0.15, -0.1) is 0 Å². The maximum Gasteiger partial charge on any atom is 0.364 e. The Hall–Kier alpha value is -3.26. The fraction of sp³-hybridized carbons (Fsp3) is 0.908. The number of aliphatic carboxylic acids is 1. The molecule has 95 heavy (non-hydrogen) atoms. The van der Waals surface area contributed by atoms with Gasteiger partial charge in [-0.25, -0.2) is 4.79 Å². The molecule has 4 rings (SSSR count). The maximum absolute atomic E-state index is 13.6. The summed E-state index contributed by atoms with van der Waals surface area (Å²) >= 11 is 0. The molecule has 0 saturated carbocycles. The number of hydrogen-bond donors (Lipinski definition) is 18. The van der Waals surface area contributed by atoms with Crippen LogP contribution in [-0.4, -0.2) is 280 Å². The van der Waals surface area contributed by atoms with E-state index in [1.165, 1.54) is 96.3 Å². The zero-order chi connectivity index (χ0) is 70.0. The highest BCUT2D eigenvalue weighted by atomic mass is 16.8. The van der Waals surface area contributed by atoms with Crippen molar-refractivity contribution in [3.63, 3.8) is 0 Å². The molecular formula is C65H117N3O27. The van der Waals surface area contributed by atoms with Gasteiger partial charge in [-0.2, -0.15) is 0 Å². The largest absolute Gasteiger partial charge is 0.477 e. The van der Waals surface area contributed by atoms with E-state index in [-0.39, 0.29) is 12.3 Å². The van der Waals surface area contributed by atoms with Crippen molar-refractivity contribution in [2.24, 2.45) is 0 Å². The molecule has 3 amide bonds. The van der Waals surface area contributed by atoms with Gasteiger partial charge in [-0.1, -0.05) is 167 Å². The molecule has 0 aromatic rings. The number of carbonyl (C=O) groups excluding carboxylic acids is 3. The molecular weight excluding hydrogens is 1250 g/mol. The minimum absolute atomic E-state index is 0.154. The van der Waals surface area contributed by atoms with Crippen LogP contribution in [0.3, 0.4) is 0 Å². The van der Waals surface area contributed by atoms with Crippen LogP contribution < -0.4 is 16.0 Å². The van der Waals surface area contributed by atoms with E-state index in [4.69, 9.17) is 37.9 Å². The Labute approximate surface area is 558 Å². The molecule has 23 atom stereocenters. The lowest BCUT2D eigenvalue weighted by Crippen LogP contribution is -2.72. The molecule has 4 aliphatic rings. The summed E-state index contributed by atoms with van der Waals surface area (Å²) in [5, 5.41) is 172. The van der Waals surface area contributed by atoms with Crippen LogP contribution in [-0.2, 0) is 57.1 Å². The molecule has 0 aliphatic carbocycles. The summed E-state index contributed by atoms with van der Waals surface area (Å²) in [6.45, 7) is -0.621. The van der Waals surface area contributed by atoms with Gasteiger partial charge in [-0.3, -0.25) is 14.4 Å². The lowest BCUT2D eigenvalue weighted by Gasteiger charge is -2.52. The fourth-order valence-corrected chi connectivity index (χ4v) is 12.5. The predicted molar refractivity (Wildman–Crippen MR) is 338 cm³/mol. The summed E-state index contributed by atoms with van der Waals surface area (Å²) in [5.41, 5.74) is 0. The third kappa shape index (κ3) is 27.0. The lowest BCUT2D eigenvalue weighted by atomic mass is 9.88. The highest BCUT2D eigenvalue weighted by molar-refractivity contribution is 5.78. The molecule has 0 bridgehead atoms. The molecule has 30 heteroatoms. The number of rotatable bonds is 48. The van der Waals surface area contributed by atoms with E-state index in [2.05, 4.69) is 29.8 Å². The van der Waals surface area contributed by atoms with Crippen molar-refractivity contribution in [1.82, 2.24) is 16.0 Å². The normalized spacial score (nSPS) is 32.6. The molecule has 4 heterocycles. The zero-order valence-electron chi connectivity index (χ0n) is 55.8. The SMILES string of the molecule is CCCCCCCCCCCCC/C=C/[C@@H](O)[C@H](CO[C@@H]1OC(CO)[C@@H](O[C@@H]2OC(CO)[C@H](O[C@@H]3OC(CO)[C@H](O)[C@H](O)C3NC(C)=O)[C@H](O[C@]3(C(=O)O)CC(O)[C@@H](NC(=O)CO)C([C@H](O)[C@H](O)CO)O3)C2O)[C@H](O)C1O)NC(=O)CCCCCCCCCCCCCCC. The second kappa shape index (κ2) is 45.5. The standard InChI is InChI=1S/C65H117N3O27/c1-4-6-8-10-12-14-16-18-20-22-24-26-28-30-41(75)40(67-47(78)31-29-27-25-23-21-19-17-15-13-11-9-7-5-2)38-88-62-55(84)54(83)57(45(35-71)90-62)92-63-56(85)60(58(46(36-72)91-63)93-61-50(66-39(3)74)53(82)52(81)44(34-70)89-61)95-65(64(86)87)32-42(76)49(68-48(79)37-73)59(94-65)51(80)43(77)33-69/h28,30,40-46,49-63,69-73,75-77,80-85H,4-27,29,31-38H2,1-3H3,(H,66,74)(H,67,78)(H,68,79)(H,86,87)/b30-28+/t40-,41+,42?,43+,44?,45?,46?,49+,50?,51+,52-,53+,54+,55?,56?,57+,58-,59?,60+,61-,62+,63-,65-/m0/s1. The molecule has 18 N–H and O–H groups in total. The number of carboxylic acid groups (broad SMARTS) is 1. The number of hydrogen-bond acceptors (Lipinski definition) is 26. The second-order valence-electron chi connectivity index (χ2n) is 25.8. The van der Waals surface area contributed by atoms with Crippen molar-refractivity contribution < 1.29 is 134 Å². The van der Waals surface area contributed by atoms with Crippen LogP contribution in [0.25, 0.3) is 0 Å². The summed E-state index contributed by atoms with van der Waals surface area (Å²) < 4.78 is 47.7. The van der Waals surface area contributed by atoms with Gasteiger partial charge in [0.05, 0.1) is 57.3 Å². The number of aliphatic hydroxyl groups is 14. The average Bonchev–Trinajstić information content (AvgIpc) is 0.756. The van der Waals surface area contributed by atoms with Crippen molar-refractivity contribution in [2.75, 3.05) is 39.6 Å². The van der Waals surface area contributed by atoms with Crippen molar-refractivity contribution in [3.05, 3.63) is 12.2 Å². The van der Waals surface area contributed by atoms with E-state index >= 15 is 0 Å². The van der Waals surface area contributed by atoms with Crippen LogP contribution in [0.5, 0.6) is 0 Å². The molecule has 0 aromatic carbocycles. The number of aliphatic hydroxyl groups excluding tert-OH is 14. The average molecular weight is 1370 g/mol. The Morgan fingerprint density at radius 3 is 1.58 bits per heavy atom. The molecule has 4 aliphatic heterocycles. The number of carbonyl (C=O) groups is 4. The Morgan fingerprint density at radius 1 is 0.558 bits per heavy atom. The van der Waals surface area contributed by atoms with Crippen molar-refractivity contribution in [1.29, 1.82) is 0 Å². The molecule has 0 spiro atoms. The number of amides is 3. The van der Waals surface area contributed by atoms with E-state index < -0.39 is 204 Å². The minimum Gasteiger partial charge on any atom is -0.477 e. The van der Waals surface area contributed by atoms with Gasteiger partial charge < -0.3 is 130 Å². The first-order valence-electron chi connectivity index (χ1n) is 34.7. The quantitative estimate of drug-likeness (QED) is 0.0265. The third-order valence-electron chi connectivity index (χ3n) is 18.1. The van der Waals surface area contributed by atoms with Crippen LogP contribution in [0.1, 0.15) is 194 Å². The number of allylic oxidation sites excluding steroid dienone is 1. The number of ether oxygens (including phenoxy) is 8. The molecule has 0 aromatic heterocycles. The zero-order valence-corrected chi connectivity index (χ0v) is 55.8. The smallest absolute Gasteiger partial charge is 0.364 e. The van der Waals surface area contributed by atoms with Gasteiger partial charge in [0.25, 0.3) is 5.79 Å². The first-order chi connectivity index (χ1) is 45.6. The molecule has 554 valence electrons. The molecule has 4 saturated heterocycles. The first-order valence-corrected chi connectivity index (χ1v) is 34.7. The van der Waals surface area contributed by atoms with E-state index in [9.17, 15) is 95.8 Å². The third-order valence-corrected chi connectivity index (χ3v) is 18.1. The Morgan fingerprint density at radius 2 is 1.06 bits per heavy atom. The van der Waals surface area contributed by atoms with E-state index in [1.807, 2.05) is 6.08 Å². The van der Waals surface area contributed by atoms with Crippen LogP contribution in [0, 0.1) is 0 Å². The molecule has 4 fully saturated rings. The number of unbranched alkanes of at least 4 members (excludes halogenated alkanes) is 23. The monoisotopic (exact) mass is 1370 g/mol. The lowest BCUT2D eigenvalue weighted by molar-refractivity contribution is -0.401. The van der Waals surface area contributed by atoms with Gasteiger partial charge in [0.2, 0.25) is 17.7 Å². The Bertz CT molecular complexity index is 2160. The van der Waals surface area contributed by atoms with Gasteiger partial charge in [0.1, 0.15) is 98.1 Å². The van der Waals surface area contributed by atoms with E-state index in [1.54, 1.807) is 6.08 Å². The summed E-state index contributed by atoms with van der Waals surface area (Å²) in [4.78, 5) is 52.0. The van der Waals surface area contributed by atoms with Crippen molar-refractivity contribution >= 4 is 23.7 Å². The fourth-order valence-electron chi connectivity index (χ4n) is 12.5. The van der Waals surface area contributed by atoms with Gasteiger partial charge in [-0.05, 0) is 19.3 Å². The highest BCUT2D eigenvalue weighted by Gasteiger charge is 2.62. The molecule has 0 radical (unpaired) electrons. The summed E-state index contributed by atoms with van der Waals surface area (Å²) in [5.74, 6) is -7.86. The Balaban J connectivity index is 1.57. The van der Waals surface area contributed by atoms with E-state index in [0.29, 0.717) is 12.8 Å². The predicted octanol–water partition coefficient (Wildman–Crippen LogP) is -0.674. The van der Waals surface area contributed by atoms with Crippen LogP contribution in [0.4, 0.5) is 0 Å². The van der Waals surface area contributed by atoms with Crippen molar-refractivity contribution in [3.8, 4) is 0 Å². The molecule has 30 nitrogen and oxygen atoms in total. The van der Waals surface area contributed by atoms with Crippen molar-refractivity contribution in [2.45, 2.75) is 335 Å². The first kappa shape index (κ1) is 84.2. The highest BCUT2D eigenvalue weighted by Crippen LogP contribution is 2.40. The minimum atomic E-state index is -3.34. The van der Waals surface area contributed by atoms with Crippen LogP contribution in [0.2, 0.25) is 0 Å². The maximum atomic E-state index is 13.6. The molecule has 8 unspecified atom stereocenters. The van der Waals surface area contributed by atoms with Gasteiger partial charge in [0.15, 0.2) is 18.9 Å². The van der Waals surface area contributed by atoms with Crippen LogP contribution >= 0.6 is 0 Å². The Kier molecular flexibility index (Phi) is 40.3.